The Bertz CT molecular complexity index is 2080. The van der Waals surface area contributed by atoms with E-state index in [-0.39, 0.29) is 64.2 Å². The minimum Gasteiger partial charge on any atom is -0.507 e. The van der Waals surface area contributed by atoms with Gasteiger partial charge in [-0.05, 0) is 44.9 Å². The SMILES string of the molecule is COc1cccc2c1C(=O)c1c(O)c3c(c(O)c1C2=O)C[C@@](O)(C(=O)CO)C[C@@H]3O[C@H]1C[C@H](NC(=O)/C(C)=C/C(=O)NCCNC(=O)CCCCC(S)CCS)[C@H](O)[C@H](C)O1. The second kappa shape index (κ2) is 20.6. The average molecular weight is 888 g/mol. The second-order valence-electron chi connectivity index (χ2n) is 15.5. The maximum Gasteiger partial charge on any atom is 0.247 e. The fourth-order valence-corrected chi connectivity index (χ4v) is 8.72. The van der Waals surface area contributed by atoms with Crippen molar-refractivity contribution in [3.8, 4) is 17.2 Å². The molecule has 3 aliphatic rings. The molecule has 8 N–H and O–H groups in total. The largest absolute Gasteiger partial charge is 0.507 e. The number of benzene rings is 2. The highest BCUT2D eigenvalue weighted by Crippen LogP contribution is 2.52. The van der Waals surface area contributed by atoms with Crippen LogP contribution in [-0.2, 0) is 35.1 Å². The molecule has 1 fully saturated rings. The standard InChI is InChI=1S/C42H53N3O14S2/c1-20(15-30(49)44-13-12-43-29(48)10-5-4-7-22(61)11-14-60)41(55)45-25-16-31(58-21(2)36(25)50)59-27-18-42(56,28(47)19-46)17-24-33(27)40(54)35-34(38(24)52)37(51)23-8-6-9-26(57-3)32(23)39(35)53/h6,8-9,15,21-22,25,27,31,36,46,50,52,54,56,60-61H,4-5,7,10-14,16-19H2,1-3H3,(H,43,48)(H,44,49)(H,45,55)/b20-15+/t21-,22?,25-,27-,31-,36+,42-/m0/s1. The summed E-state index contributed by atoms with van der Waals surface area (Å²) in [5.74, 6) is -4.91. The first-order valence-electron chi connectivity index (χ1n) is 20.0. The van der Waals surface area contributed by atoms with E-state index < -0.39 is 107 Å². The minimum absolute atomic E-state index is 0.0119. The van der Waals surface area contributed by atoms with Crippen LogP contribution >= 0.6 is 25.3 Å². The summed E-state index contributed by atoms with van der Waals surface area (Å²) in [5, 5.41) is 64.0. The Labute approximate surface area is 363 Å². The highest BCUT2D eigenvalue weighted by Gasteiger charge is 2.50. The molecule has 0 spiro atoms. The van der Waals surface area contributed by atoms with Gasteiger partial charge in [0.1, 0.15) is 35.6 Å². The molecular weight excluding hydrogens is 835 g/mol. The van der Waals surface area contributed by atoms with E-state index in [4.69, 9.17) is 14.2 Å². The first-order valence-corrected chi connectivity index (χ1v) is 21.2. The number of amides is 3. The summed E-state index contributed by atoms with van der Waals surface area (Å²) in [6, 6.07) is 3.23. The molecule has 7 atom stereocenters. The zero-order valence-electron chi connectivity index (χ0n) is 34.1. The molecule has 1 aliphatic heterocycles. The van der Waals surface area contributed by atoms with Crippen molar-refractivity contribution in [3.63, 3.8) is 0 Å². The number of nitrogens with one attached hydrogen (secondary N) is 3. The van der Waals surface area contributed by atoms with Crippen LogP contribution in [0, 0.1) is 0 Å². The van der Waals surface area contributed by atoms with Crippen LogP contribution in [0.5, 0.6) is 17.2 Å². The van der Waals surface area contributed by atoms with Gasteiger partial charge in [0.15, 0.2) is 17.9 Å². The van der Waals surface area contributed by atoms with Crippen LogP contribution in [0.3, 0.4) is 0 Å². The molecule has 61 heavy (non-hydrogen) atoms. The molecule has 332 valence electrons. The Morgan fingerprint density at radius 1 is 1.03 bits per heavy atom. The lowest BCUT2D eigenvalue weighted by Gasteiger charge is -2.43. The van der Waals surface area contributed by atoms with Crippen LogP contribution < -0.4 is 20.7 Å². The van der Waals surface area contributed by atoms with Gasteiger partial charge < -0.3 is 55.7 Å². The summed E-state index contributed by atoms with van der Waals surface area (Å²) in [5.41, 5.74) is -4.25. The van der Waals surface area contributed by atoms with Crippen LogP contribution in [-0.4, -0.2) is 129 Å². The van der Waals surface area contributed by atoms with Gasteiger partial charge in [0, 0.05) is 72.4 Å². The number of aliphatic hydroxyl groups excluding tert-OH is 2. The third-order valence-electron chi connectivity index (χ3n) is 11.2. The molecule has 0 saturated carbocycles. The molecule has 17 nitrogen and oxygen atoms in total. The maximum atomic E-state index is 14.0. The molecule has 0 aromatic heterocycles. The van der Waals surface area contributed by atoms with Crippen molar-refractivity contribution in [1.82, 2.24) is 16.0 Å². The van der Waals surface area contributed by atoms with E-state index in [1.807, 2.05) is 0 Å². The quantitative estimate of drug-likeness (QED) is 0.0376. The number of rotatable bonds is 18. The lowest BCUT2D eigenvalue weighted by Crippen LogP contribution is -2.56. The number of phenols is 2. The number of hydrogen-bond donors (Lipinski definition) is 10. The van der Waals surface area contributed by atoms with Gasteiger partial charge in [-0.2, -0.15) is 25.3 Å². The molecule has 0 radical (unpaired) electrons. The molecule has 2 aromatic rings. The molecule has 2 aliphatic carbocycles. The molecule has 19 heteroatoms. The Morgan fingerprint density at radius 3 is 2.43 bits per heavy atom. The van der Waals surface area contributed by atoms with Crippen molar-refractivity contribution < 1.29 is 68.5 Å². The normalized spacial score (nSPS) is 23.9. The summed E-state index contributed by atoms with van der Waals surface area (Å²) >= 11 is 8.68. The number of ketones is 3. The number of methoxy groups -OCH3 is 1. The number of aromatic hydroxyl groups is 2. The number of aliphatic hydroxyl groups is 3. The second-order valence-corrected chi connectivity index (χ2v) is 16.6. The molecule has 1 saturated heterocycles. The highest BCUT2D eigenvalue weighted by molar-refractivity contribution is 7.81. The van der Waals surface area contributed by atoms with Gasteiger partial charge in [0.05, 0.1) is 42.0 Å². The predicted octanol–water partition coefficient (Wildman–Crippen LogP) is 1.52. The fraction of sp³-hybridized carbons (Fsp3) is 0.524. The number of ether oxygens (including phenoxy) is 3. The third kappa shape index (κ3) is 10.6. The van der Waals surface area contributed by atoms with E-state index in [1.165, 1.54) is 39.2 Å². The third-order valence-corrected chi connectivity index (χ3v) is 12.0. The van der Waals surface area contributed by atoms with Crippen molar-refractivity contribution in [2.45, 2.75) is 107 Å². The Morgan fingerprint density at radius 2 is 1.74 bits per heavy atom. The van der Waals surface area contributed by atoms with Gasteiger partial charge in [-0.25, -0.2) is 0 Å². The van der Waals surface area contributed by atoms with E-state index in [9.17, 15) is 54.3 Å². The van der Waals surface area contributed by atoms with Crippen LogP contribution in [0.25, 0.3) is 0 Å². The van der Waals surface area contributed by atoms with Crippen molar-refractivity contribution in [3.05, 3.63) is 63.2 Å². The molecule has 2 aromatic carbocycles. The first-order chi connectivity index (χ1) is 29.0. The summed E-state index contributed by atoms with van der Waals surface area (Å²) < 4.78 is 17.4. The van der Waals surface area contributed by atoms with E-state index >= 15 is 0 Å². The van der Waals surface area contributed by atoms with Gasteiger partial charge in [0.25, 0.3) is 0 Å². The Hall–Kier alpha value is -4.50. The van der Waals surface area contributed by atoms with Gasteiger partial charge >= 0.3 is 0 Å². The molecule has 3 amide bonds. The number of fused-ring (bicyclic) bond motifs is 3. The Kier molecular flexibility index (Phi) is 16.0. The van der Waals surface area contributed by atoms with Crippen LogP contribution in [0.4, 0.5) is 0 Å². The number of carbonyl (C=O) groups excluding carboxylic acids is 6. The molecule has 1 heterocycles. The molecule has 5 rings (SSSR count). The number of unbranched alkanes of at least 4 members (excludes halogenated alkanes) is 1. The van der Waals surface area contributed by atoms with Crippen molar-refractivity contribution >= 4 is 60.3 Å². The highest BCUT2D eigenvalue weighted by atomic mass is 32.1. The van der Waals surface area contributed by atoms with Crippen molar-refractivity contribution in [1.29, 1.82) is 0 Å². The number of Topliss-reactive ketones (excluding diaryl/α,β-unsaturated/α-hetero) is 1. The van der Waals surface area contributed by atoms with E-state index in [0.717, 1.165) is 31.1 Å². The molecule has 1 unspecified atom stereocenters. The van der Waals surface area contributed by atoms with Gasteiger partial charge in [0.2, 0.25) is 23.5 Å². The van der Waals surface area contributed by atoms with Crippen LogP contribution in [0.15, 0.2) is 29.8 Å². The van der Waals surface area contributed by atoms with Crippen LogP contribution in [0.1, 0.15) is 108 Å². The van der Waals surface area contributed by atoms with Crippen molar-refractivity contribution in [2.24, 2.45) is 0 Å². The number of hydrogen-bond acceptors (Lipinski definition) is 16. The topological polar surface area (TPSA) is 267 Å². The summed E-state index contributed by atoms with van der Waals surface area (Å²) in [7, 11) is 1.29. The van der Waals surface area contributed by atoms with E-state index in [0.29, 0.717) is 12.8 Å². The monoisotopic (exact) mass is 887 g/mol. The maximum absolute atomic E-state index is 14.0. The number of carbonyl (C=O) groups is 6. The smallest absolute Gasteiger partial charge is 0.247 e. The first kappa shape index (κ1) is 47.5. The lowest BCUT2D eigenvalue weighted by molar-refractivity contribution is -0.249. The molecule has 0 bridgehead atoms. The summed E-state index contributed by atoms with van der Waals surface area (Å²) in [6.45, 7) is 2.07. The van der Waals surface area contributed by atoms with Crippen molar-refractivity contribution in [2.75, 3.05) is 32.6 Å². The van der Waals surface area contributed by atoms with E-state index in [2.05, 4.69) is 41.2 Å². The number of thiol groups is 2. The number of phenolic OH excluding ortho intramolecular Hbond substituents is 2. The lowest BCUT2D eigenvalue weighted by atomic mass is 9.72. The zero-order valence-corrected chi connectivity index (χ0v) is 35.9. The zero-order chi connectivity index (χ0) is 44.8. The summed E-state index contributed by atoms with van der Waals surface area (Å²) in [4.78, 5) is 78.7. The van der Waals surface area contributed by atoms with Crippen LogP contribution in [0.2, 0.25) is 0 Å². The van der Waals surface area contributed by atoms with Gasteiger partial charge in [-0.1, -0.05) is 18.6 Å². The predicted molar refractivity (Wildman–Crippen MR) is 225 cm³/mol. The Balaban J connectivity index is 1.28. The molecular formula is C42H53N3O14S2. The fourth-order valence-electron chi connectivity index (χ4n) is 7.89. The average Bonchev–Trinajstić information content (AvgIpc) is 3.22. The summed E-state index contributed by atoms with van der Waals surface area (Å²) in [6.07, 6.45) is -1.83. The van der Waals surface area contributed by atoms with Gasteiger partial charge in [-0.15, -0.1) is 0 Å². The minimum atomic E-state index is -2.38. The van der Waals surface area contributed by atoms with E-state index in [1.54, 1.807) is 0 Å². The van der Waals surface area contributed by atoms with Gasteiger partial charge in [-0.3, -0.25) is 28.8 Å².